The molecule has 2 amide bonds. The summed E-state index contributed by atoms with van der Waals surface area (Å²) in [5.41, 5.74) is 2.09. The average molecular weight is 504 g/mol. The first-order valence-corrected chi connectivity index (χ1v) is 13.8. The quantitative estimate of drug-likeness (QED) is 0.535. The van der Waals surface area contributed by atoms with Crippen LogP contribution in [0.5, 0.6) is 0 Å². The van der Waals surface area contributed by atoms with Crippen molar-refractivity contribution in [2.45, 2.75) is 64.6 Å². The van der Waals surface area contributed by atoms with Gasteiger partial charge in [-0.3, -0.25) is 13.9 Å². The predicted molar refractivity (Wildman–Crippen MR) is 135 cm³/mol. The minimum Gasteiger partial charge on any atom is -0.352 e. The molecule has 0 aliphatic heterocycles. The van der Waals surface area contributed by atoms with Crippen LogP contribution in [0.2, 0.25) is 0 Å². The Bertz CT molecular complexity index is 1110. The predicted octanol–water partition coefficient (Wildman–Crippen LogP) is 3.77. The van der Waals surface area contributed by atoms with E-state index in [9.17, 15) is 22.4 Å². The van der Waals surface area contributed by atoms with E-state index in [1.807, 2.05) is 38.1 Å². The Hall–Kier alpha value is -2.94. The molecule has 0 radical (unpaired) electrons. The Balaban J connectivity index is 1.90. The van der Waals surface area contributed by atoms with Crippen molar-refractivity contribution in [3.63, 3.8) is 0 Å². The van der Waals surface area contributed by atoms with Gasteiger partial charge < -0.3 is 10.2 Å². The summed E-state index contributed by atoms with van der Waals surface area (Å²) in [6.45, 7) is 3.46. The van der Waals surface area contributed by atoms with Crippen molar-refractivity contribution in [3.05, 3.63) is 65.5 Å². The minimum atomic E-state index is -3.85. The molecular formula is C26H34FN3O4S. The highest BCUT2D eigenvalue weighted by Gasteiger charge is 2.33. The number of carbonyl (C=O) groups is 2. The van der Waals surface area contributed by atoms with Gasteiger partial charge in [0.2, 0.25) is 21.8 Å². The van der Waals surface area contributed by atoms with E-state index in [0.29, 0.717) is 6.42 Å². The van der Waals surface area contributed by atoms with E-state index in [4.69, 9.17) is 0 Å². The molecule has 2 aromatic carbocycles. The van der Waals surface area contributed by atoms with Crippen LogP contribution >= 0.6 is 0 Å². The summed E-state index contributed by atoms with van der Waals surface area (Å²) in [4.78, 5) is 28.3. The lowest BCUT2D eigenvalue weighted by Crippen LogP contribution is -2.53. The number of halogens is 1. The molecule has 35 heavy (non-hydrogen) atoms. The summed E-state index contributed by atoms with van der Waals surface area (Å²) >= 11 is 0. The molecule has 2 aromatic rings. The Labute approximate surface area is 207 Å². The molecule has 0 spiro atoms. The Kier molecular flexibility index (Phi) is 8.88. The van der Waals surface area contributed by atoms with Crippen LogP contribution < -0.4 is 9.62 Å². The van der Waals surface area contributed by atoms with Crippen LogP contribution in [0.25, 0.3) is 0 Å². The Morgan fingerprint density at radius 2 is 1.66 bits per heavy atom. The lowest BCUT2D eigenvalue weighted by atomic mass is 10.1. The molecule has 1 aliphatic rings. The Morgan fingerprint density at radius 3 is 2.20 bits per heavy atom. The number of aryl methyl sites for hydroxylation is 1. The third kappa shape index (κ3) is 7.27. The largest absolute Gasteiger partial charge is 0.352 e. The first-order valence-electron chi connectivity index (χ1n) is 12.0. The number of rotatable bonds is 10. The summed E-state index contributed by atoms with van der Waals surface area (Å²) < 4.78 is 39.5. The lowest BCUT2D eigenvalue weighted by Gasteiger charge is -2.33. The molecule has 0 unspecified atom stereocenters. The van der Waals surface area contributed by atoms with Crippen LogP contribution in [0.4, 0.5) is 10.1 Å². The van der Waals surface area contributed by atoms with Crippen molar-refractivity contribution in [2.24, 2.45) is 0 Å². The van der Waals surface area contributed by atoms with E-state index in [2.05, 4.69) is 5.32 Å². The number of nitrogens with one attached hydrogen (secondary N) is 1. The van der Waals surface area contributed by atoms with Gasteiger partial charge in [0.1, 0.15) is 18.4 Å². The summed E-state index contributed by atoms with van der Waals surface area (Å²) in [7, 11) is -3.85. The smallest absolute Gasteiger partial charge is 0.244 e. The summed E-state index contributed by atoms with van der Waals surface area (Å²) in [5, 5.41) is 3.08. The fourth-order valence-electron chi connectivity index (χ4n) is 4.40. The fraction of sp³-hybridized carbons (Fsp3) is 0.462. The molecule has 190 valence electrons. The first-order chi connectivity index (χ1) is 16.6. The maximum Gasteiger partial charge on any atom is 0.244 e. The van der Waals surface area contributed by atoms with Crippen molar-refractivity contribution in [2.75, 3.05) is 17.1 Å². The maximum atomic E-state index is 13.6. The van der Waals surface area contributed by atoms with Gasteiger partial charge in [0.25, 0.3) is 0 Å². The lowest BCUT2D eigenvalue weighted by molar-refractivity contribution is -0.140. The zero-order valence-electron chi connectivity index (χ0n) is 20.5. The van der Waals surface area contributed by atoms with Crippen LogP contribution in [-0.2, 0) is 26.2 Å². The second-order valence-electron chi connectivity index (χ2n) is 9.17. The van der Waals surface area contributed by atoms with Gasteiger partial charge in [0.05, 0.1) is 11.9 Å². The van der Waals surface area contributed by atoms with Crippen LogP contribution in [0, 0.1) is 12.7 Å². The number of hydrogen-bond acceptors (Lipinski definition) is 4. The standard InChI is InChI=1S/C26H34FN3O4S/c1-4-24(26(32)28-22-7-5-6-8-22)29(17-20-11-9-19(2)10-12-20)25(31)18-30(35(3,33)34)23-15-13-21(27)14-16-23/h9-16,22,24H,4-8,17-18H2,1-3H3,(H,28,32)/t24-/m1/s1. The van der Waals surface area contributed by atoms with Gasteiger partial charge in [-0.15, -0.1) is 0 Å². The fourth-order valence-corrected chi connectivity index (χ4v) is 5.25. The van der Waals surface area contributed by atoms with Gasteiger partial charge in [-0.2, -0.15) is 0 Å². The minimum absolute atomic E-state index is 0.0969. The molecular weight excluding hydrogens is 469 g/mol. The topological polar surface area (TPSA) is 86.8 Å². The molecule has 1 aliphatic carbocycles. The molecule has 1 saturated carbocycles. The molecule has 0 heterocycles. The van der Waals surface area contributed by atoms with Crippen molar-refractivity contribution in [3.8, 4) is 0 Å². The van der Waals surface area contributed by atoms with Gasteiger partial charge in [-0.05, 0) is 56.0 Å². The summed E-state index contributed by atoms with van der Waals surface area (Å²) in [5.74, 6) is -1.24. The third-order valence-corrected chi connectivity index (χ3v) is 7.50. The summed E-state index contributed by atoms with van der Waals surface area (Å²) in [6.07, 6.45) is 5.34. The van der Waals surface area contributed by atoms with E-state index < -0.39 is 34.3 Å². The molecule has 9 heteroatoms. The van der Waals surface area contributed by atoms with Crippen molar-refractivity contribution in [1.82, 2.24) is 10.2 Å². The second-order valence-corrected chi connectivity index (χ2v) is 11.1. The second kappa shape index (κ2) is 11.7. The highest BCUT2D eigenvalue weighted by Crippen LogP contribution is 2.22. The van der Waals surface area contributed by atoms with Gasteiger partial charge >= 0.3 is 0 Å². The van der Waals surface area contributed by atoms with Crippen LogP contribution in [0.15, 0.2) is 48.5 Å². The van der Waals surface area contributed by atoms with E-state index in [-0.39, 0.29) is 24.2 Å². The number of carbonyl (C=O) groups excluding carboxylic acids is 2. The van der Waals surface area contributed by atoms with E-state index in [0.717, 1.165) is 59.5 Å². The normalized spacial score (nSPS) is 15.0. The van der Waals surface area contributed by atoms with E-state index in [1.54, 1.807) is 0 Å². The van der Waals surface area contributed by atoms with Gasteiger partial charge in [0, 0.05) is 12.6 Å². The van der Waals surface area contributed by atoms with Gasteiger partial charge in [0.15, 0.2) is 0 Å². The van der Waals surface area contributed by atoms with Crippen LogP contribution in [-0.4, -0.2) is 50.0 Å². The first kappa shape index (κ1) is 26.7. The van der Waals surface area contributed by atoms with E-state index in [1.165, 1.54) is 17.0 Å². The molecule has 0 aromatic heterocycles. The van der Waals surface area contributed by atoms with Crippen LogP contribution in [0.1, 0.15) is 50.2 Å². The SMILES string of the molecule is CC[C@H](C(=O)NC1CCCC1)N(Cc1ccc(C)cc1)C(=O)CN(c1ccc(F)cc1)S(C)(=O)=O. The third-order valence-electron chi connectivity index (χ3n) is 6.35. The average Bonchev–Trinajstić information content (AvgIpc) is 3.31. The number of hydrogen-bond donors (Lipinski definition) is 1. The molecule has 0 saturated heterocycles. The molecule has 1 N–H and O–H groups in total. The van der Waals surface area contributed by atoms with Gasteiger partial charge in [-0.25, -0.2) is 12.8 Å². The summed E-state index contributed by atoms with van der Waals surface area (Å²) in [6, 6.07) is 11.9. The monoisotopic (exact) mass is 503 g/mol. The van der Waals surface area contributed by atoms with Crippen molar-refractivity contribution < 1.29 is 22.4 Å². The molecule has 1 fully saturated rings. The zero-order chi connectivity index (χ0) is 25.6. The highest BCUT2D eigenvalue weighted by molar-refractivity contribution is 7.92. The Morgan fingerprint density at radius 1 is 1.06 bits per heavy atom. The number of anilines is 1. The van der Waals surface area contributed by atoms with Crippen molar-refractivity contribution in [1.29, 1.82) is 0 Å². The molecule has 3 rings (SSSR count). The maximum absolute atomic E-state index is 13.6. The number of amides is 2. The highest BCUT2D eigenvalue weighted by atomic mass is 32.2. The molecule has 7 nitrogen and oxygen atoms in total. The van der Waals surface area contributed by atoms with Crippen molar-refractivity contribution >= 4 is 27.5 Å². The van der Waals surface area contributed by atoms with E-state index >= 15 is 0 Å². The number of nitrogens with zero attached hydrogens (tertiary/aromatic N) is 2. The molecule has 1 atom stereocenters. The zero-order valence-corrected chi connectivity index (χ0v) is 21.4. The van der Waals surface area contributed by atoms with Gasteiger partial charge in [-0.1, -0.05) is 49.6 Å². The molecule has 0 bridgehead atoms. The number of benzene rings is 2. The number of sulfonamides is 1. The van der Waals surface area contributed by atoms with Crippen LogP contribution in [0.3, 0.4) is 0 Å².